The SMILES string of the molecule is COC(=O)c1ccc(-c2ccco2)n1CC(=O)N1CCN(c2ccc(F)cc2)CC1. The normalized spacial score (nSPS) is 14.1. The molecule has 3 aromatic rings. The average molecular weight is 411 g/mol. The van der Waals surface area contributed by atoms with E-state index in [1.54, 1.807) is 52.1 Å². The maximum absolute atomic E-state index is 13.1. The first-order valence-electron chi connectivity index (χ1n) is 9.67. The van der Waals surface area contributed by atoms with Gasteiger partial charge in [-0.25, -0.2) is 9.18 Å². The van der Waals surface area contributed by atoms with Gasteiger partial charge in [-0.3, -0.25) is 4.79 Å². The summed E-state index contributed by atoms with van der Waals surface area (Å²) in [5, 5.41) is 0. The van der Waals surface area contributed by atoms with E-state index < -0.39 is 5.97 Å². The predicted molar refractivity (Wildman–Crippen MR) is 109 cm³/mol. The minimum absolute atomic E-state index is 0.00398. The number of rotatable bonds is 5. The Morgan fingerprint density at radius 3 is 2.40 bits per heavy atom. The molecule has 3 heterocycles. The van der Waals surface area contributed by atoms with Crippen molar-refractivity contribution in [3.8, 4) is 11.5 Å². The number of hydrogen-bond donors (Lipinski definition) is 0. The molecule has 0 bridgehead atoms. The number of aromatic nitrogens is 1. The number of furan rings is 1. The minimum atomic E-state index is -0.512. The number of hydrogen-bond acceptors (Lipinski definition) is 5. The fourth-order valence-electron chi connectivity index (χ4n) is 3.66. The molecule has 0 radical (unpaired) electrons. The molecule has 0 aliphatic carbocycles. The predicted octanol–water partition coefficient (Wildman–Crippen LogP) is 3.02. The molecular formula is C22H22FN3O4. The maximum atomic E-state index is 13.1. The van der Waals surface area contributed by atoms with Crippen molar-refractivity contribution in [1.29, 1.82) is 0 Å². The van der Waals surface area contributed by atoms with Crippen molar-refractivity contribution in [3.05, 3.63) is 66.3 Å². The van der Waals surface area contributed by atoms with Crippen LogP contribution < -0.4 is 4.90 Å². The summed E-state index contributed by atoms with van der Waals surface area (Å²) in [6.07, 6.45) is 1.54. The van der Waals surface area contributed by atoms with Gasteiger partial charge in [-0.15, -0.1) is 0 Å². The maximum Gasteiger partial charge on any atom is 0.354 e. The summed E-state index contributed by atoms with van der Waals surface area (Å²) >= 11 is 0. The zero-order chi connectivity index (χ0) is 21.1. The number of methoxy groups -OCH3 is 1. The number of esters is 1. The van der Waals surface area contributed by atoms with Crippen LogP contribution in [0.3, 0.4) is 0 Å². The fraction of sp³-hybridized carbons (Fsp3) is 0.273. The van der Waals surface area contributed by atoms with Gasteiger partial charge in [0.05, 0.1) is 19.1 Å². The lowest BCUT2D eigenvalue weighted by Gasteiger charge is -2.36. The van der Waals surface area contributed by atoms with Gasteiger partial charge in [-0.2, -0.15) is 0 Å². The topological polar surface area (TPSA) is 67.9 Å². The summed E-state index contributed by atoms with van der Waals surface area (Å²) in [5.74, 6) is -0.309. The van der Waals surface area contributed by atoms with Crippen LogP contribution in [0.25, 0.3) is 11.5 Å². The van der Waals surface area contributed by atoms with Gasteiger partial charge in [0, 0.05) is 31.9 Å². The molecule has 0 spiro atoms. The molecule has 8 heteroatoms. The van der Waals surface area contributed by atoms with Gasteiger partial charge in [-0.05, 0) is 48.5 Å². The zero-order valence-corrected chi connectivity index (χ0v) is 16.6. The zero-order valence-electron chi connectivity index (χ0n) is 16.6. The highest BCUT2D eigenvalue weighted by molar-refractivity contribution is 5.90. The van der Waals surface area contributed by atoms with Crippen LogP contribution >= 0.6 is 0 Å². The third-order valence-corrected chi connectivity index (χ3v) is 5.27. The Morgan fingerprint density at radius 2 is 1.77 bits per heavy atom. The van der Waals surface area contributed by atoms with E-state index in [0.717, 1.165) is 5.69 Å². The monoisotopic (exact) mass is 411 g/mol. The van der Waals surface area contributed by atoms with E-state index in [4.69, 9.17) is 9.15 Å². The Morgan fingerprint density at radius 1 is 1.03 bits per heavy atom. The van der Waals surface area contributed by atoms with E-state index in [-0.39, 0.29) is 18.3 Å². The summed E-state index contributed by atoms with van der Waals surface area (Å²) in [5.41, 5.74) is 1.86. The Balaban J connectivity index is 1.47. The van der Waals surface area contributed by atoms with Crippen LogP contribution in [-0.2, 0) is 16.1 Å². The summed E-state index contributed by atoms with van der Waals surface area (Å²) < 4.78 is 25.1. The van der Waals surface area contributed by atoms with Gasteiger partial charge in [0.15, 0.2) is 0 Å². The lowest BCUT2D eigenvalue weighted by atomic mass is 10.2. The molecule has 2 aromatic heterocycles. The molecule has 1 amide bonds. The van der Waals surface area contributed by atoms with Crippen molar-refractivity contribution in [3.63, 3.8) is 0 Å². The van der Waals surface area contributed by atoms with Crippen LogP contribution in [0.5, 0.6) is 0 Å². The van der Waals surface area contributed by atoms with Crippen molar-refractivity contribution >= 4 is 17.6 Å². The van der Waals surface area contributed by atoms with Crippen LogP contribution in [0.15, 0.2) is 59.2 Å². The van der Waals surface area contributed by atoms with Crippen LogP contribution in [-0.4, -0.2) is 54.6 Å². The molecule has 1 saturated heterocycles. The number of benzene rings is 1. The first-order valence-corrected chi connectivity index (χ1v) is 9.67. The molecule has 0 atom stereocenters. The van der Waals surface area contributed by atoms with Crippen LogP contribution in [0.4, 0.5) is 10.1 Å². The highest BCUT2D eigenvalue weighted by atomic mass is 19.1. The molecule has 156 valence electrons. The van der Waals surface area contributed by atoms with Crippen molar-refractivity contribution in [2.24, 2.45) is 0 Å². The van der Waals surface area contributed by atoms with Gasteiger partial charge < -0.3 is 23.5 Å². The van der Waals surface area contributed by atoms with Crippen molar-refractivity contribution < 1.29 is 23.1 Å². The molecule has 0 N–H and O–H groups in total. The van der Waals surface area contributed by atoms with Gasteiger partial charge in [0.2, 0.25) is 5.91 Å². The lowest BCUT2D eigenvalue weighted by Crippen LogP contribution is -2.49. The van der Waals surface area contributed by atoms with Crippen molar-refractivity contribution in [2.75, 3.05) is 38.2 Å². The largest absolute Gasteiger partial charge is 0.464 e. The highest BCUT2D eigenvalue weighted by Crippen LogP contribution is 2.24. The lowest BCUT2D eigenvalue weighted by molar-refractivity contribution is -0.132. The van der Waals surface area contributed by atoms with Gasteiger partial charge in [0.1, 0.15) is 23.8 Å². The Hall–Kier alpha value is -3.55. The minimum Gasteiger partial charge on any atom is -0.464 e. The summed E-state index contributed by atoms with van der Waals surface area (Å²) in [4.78, 5) is 29.0. The van der Waals surface area contributed by atoms with E-state index >= 15 is 0 Å². The first kappa shape index (κ1) is 19.8. The quantitative estimate of drug-likeness (QED) is 0.604. The molecule has 1 fully saturated rings. The van der Waals surface area contributed by atoms with Crippen LogP contribution in [0.1, 0.15) is 10.5 Å². The molecule has 1 aliphatic rings. The number of amides is 1. The molecule has 1 aliphatic heterocycles. The number of piperazine rings is 1. The number of anilines is 1. The molecule has 7 nitrogen and oxygen atoms in total. The number of ether oxygens (including phenoxy) is 1. The Kier molecular flexibility index (Phi) is 5.56. The number of nitrogens with zero attached hydrogens (tertiary/aromatic N) is 3. The fourth-order valence-corrected chi connectivity index (χ4v) is 3.66. The number of carbonyl (C=O) groups is 2. The van der Waals surface area contributed by atoms with E-state index in [0.29, 0.717) is 43.3 Å². The van der Waals surface area contributed by atoms with E-state index in [9.17, 15) is 14.0 Å². The summed E-state index contributed by atoms with van der Waals surface area (Å²) in [7, 11) is 1.31. The third kappa shape index (κ3) is 3.94. The smallest absolute Gasteiger partial charge is 0.354 e. The van der Waals surface area contributed by atoms with Gasteiger partial charge in [-0.1, -0.05) is 0 Å². The van der Waals surface area contributed by atoms with Gasteiger partial charge >= 0.3 is 5.97 Å². The second-order valence-electron chi connectivity index (χ2n) is 7.00. The summed E-state index contributed by atoms with van der Waals surface area (Å²) in [6, 6.07) is 13.2. The molecular weight excluding hydrogens is 389 g/mol. The molecule has 4 rings (SSSR count). The van der Waals surface area contributed by atoms with Crippen LogP contribution in [0, 0.1) is 5.82 Å². The highest BCUT2D eigenvalue weighted by Gasteiger charge is 2.25. The van der Waals surface area contributed by atoms with E-state index in [2.05, 4.69) is 4.90 Å². The van der Waals surface area contributed by atoms with Crippen molar-refractivity contribution in [2.45, 2.75) is 6.54 Å². The Labute approximate surface area is 173 Å². The molecule has 30 heavy (non-hydrogen) atoms. The van der Waals surface area contributed by atoms with E-state index in [1.807, 2.05) is 0 Å². The molecule has 0 saturated carbocycles. The molecule has 0 unspecified atom stereocenters. The second kappa shape index (κ2) is 8.44. The second-order valence-corrected chi connectivity index (χ2v) is 7.00. The summed E-state index contributed by atoms with van der Waals surface area (Å²) in [6.45, 7) is 2.39. The van der Waals surface area contributed by atoms with Gasteiger partial charge in [0.25, 0.3) is 0 Å². The molecule has 1 aromatic carbocycles. The van der Waals surface area contributed by atoms with Crippen molar-refractivity contribution in [1.82, 2.24) is 9.47 Å². The Bertz CT molecular complexity index is 1020. The average Bonchev–Trinajstić information content (AvgIpc) is 3.44. The third-order valence-electron chi connectivity index (χ3n) is 5.27. The first-order chi connectivity index (χ1) is 14.6. The van der Waals surface area contributed by atoms with Crippen LogP contribution in [0.2, 0.25) is 0 Å². The number of halogens is 1. The van der Waals surface area contributed by atoms with E-state index in [1.165, 1.54) is 19.2 Å². The number of carbonyl (C=O) groups excluding carboxylic acids is 2. The standard InChI is InChI=1S/C22H22FN3O4/c1-29-22(28)19-9-8-18(20-3-2-14-30-20)26(19)15-21(27)25-12-10-24(11-13-25)17-6-4-16(23)5-7-17/h2-9,14H,10-13,15H2,1H3.